The smallest absolute Gasteiger partial charge is 0.406 e. The van der Waals surface area contributed by atoms with Crippen LogP contribution in [0.4, 0.5) is 11.6 Å². The number of hydrogen-bond acceptors (Lipinski definition) is 5. The molecule has 8 heteroatoms. The molecule has 1 heterocycles. The number of aryl methyl sites for hydroxylation is 1. The topological polar surface area (TPSA) is 101 Å². The lowest BCUT2D eigenvalue weighted by molar-refractivity contribution is -0.388. The van der Waals surface area contributed by atoms with E-state index in [0.717, 1.165) is 0 Å². The van der Waals surface area contributed by atoms with Crippen molar-refractivity contribution in [1.29, 1.82) is 0 Å². The van der Waals surface area contributed by atoms with Crippen LogP contribution >= 0.6 is 0 Å². The quantitative estimate of drug-likeness (QED) is 0.637. The van der Waals surface area contributed by atoms with Crippen LogP contribution in [0.1, 0.15) is 20.8 Å². The molecule has 8 nitrogen and oxygen atoms in total. The van der Waals surface area contributed by atoms with Crippen molar-refractivity contribution in [3.63, 3.8) is 0 Å². The van der Waals surface area contributed by atoms with E-state index in [9.17, 15) is 14.9 Å². The highest BCUT2D eigenvalue weighted by Crippen LogP contribution is 2.30. The summed E-state index contributed by atoms with van der Waals surface area (Å²) >= 11 is 0. The Bertz CT molecular complexity index is 475. The van der Waals surface area contributed by atoms with Gasteiger partial charge >= 0.3 is 11.8 Å². The Hall–Kier alpha value is -2.12. The van der Waals surface area contributed by atoms with Crippen molar-refractivity contribution < 1.29 is 14.8 Å². The lowest BCUT2D eigenvalue weighted by Gasteiger charge is -2.35. The van der Waals surface area contributed by atoms with Crippen LogP contribution in [-0.4, -0.2) is 37.6 Å². The molecule has 0 aliphatic carbocycles. The standard InChI is InChI=1S/C10H16N4O4/c1-10(2,3)13(5-7(15)16)9-8(14(17)18)11-6-12(9)4/h6H,5H2,1-4H3,(H,15,16). The van der Waals surface area contributed by atoms with Crippen molar-refractivity contribution in [3.8, 4) is 0 Å². The molecule has 0 radical (unpaired) electrons. The van der Waals surface area contributed by atoms with Gasteiger partial charge in [0.15, 0.2) is 0 Å². The largest absolute Gasteiger partial charge is 0.480 e. The first-order valence-electron chi connectivity index (χ1n) is 5.29. The number of anilines is 1. The molecule has 0 spiro atoms. The second-order valence-electron chi connectivity index (χ2n) is 4.91. The first kappa shape index (κ1) is 13.9. The van der Waals surface area contributed by atoms with Gasteiger partial charge in [-0.15, -0.1) is 0 Å². The minimum absolute atomic E-state index is 0.190. The Labute approximate surface area is 104 Å². The van der Waals surface area contributed by atoms with Gasteiger partial charge < -0.3 is 20.1 Å². The van der Waals surface area contributed by atoms with E-state index in [4.69, 9.17) is 5.11 Å². The Balaban J connectivity index is 3.33. The average Bonchev–Trinajstić information content (AvgIpc) is 2.54. The molecule has 0 bridgehead atoms. The molecule has 1 aromatic rings. The summed E-state index contributed by atoms with van der Waals surface area (Å²) in [6.45, 7) is 5.02. The number of rotatable bonds is 4. The summed E-state index contributed by atoms with van der Waals surface area (Å²) in [5, 5.41) is 19.8. The fourth-order valence-corrected chi connectivity index (χ4v) is 1.62. The Morgan fingerprint density at radius 2 is 2.17 bits per heavy atom. The summed E-state index contributed by atoms with van der Waals surface area (Å²) in [5.41, 5.74) is -0.572. The summed E-state index contributed by atoms with van der Waals surface area (Å²) in [5.74, 6) is -1.20. The molecule has 100 valence electrons. The first-order valence-corrected chi connectivity index (χ1v) is 5.29. The summed E-state index contributed by atoms with van der Waals surface area (Å²) in [7, 11) is 1.59. The highest BCUT2D eigenvalue weighted by molar-refractivity contribution is 5.75. The zero-order valence-electron chi connectivity index (χ0n) is 10.7. The van der Waals surface area contributed by atoms with Crippen LogP contribution in [0.25, 0.3) is 0 Å². The molecule has 0 aromatic carbocycles. The molecule has 0 amide bonds. The Kier molecular flexibility index (Phi) is 3.59. The number of imidazole rings is 1. The first-order chi connectivity index (χ1) is 8.14. The van der Waals surface area contributed by atoms with Gasteiger partial charge in [-0.05, 0) is 30.7 Å². The molecule has 1 aromatic heterocycles. The lowest BCUT2D eigenvalue weighted by atomic mass is 10.1. The molecule has 0 atom stereocenters. The molecule has 1 N–H and O–H groups in total. The van der Waals surface area contributed by atoms with E-state index in [0.29, 0.717) is 0 Å². The molecule has 0 fully saturated rings. The zero-order chi connectivity index (χ0) is 14.1. The van der Waals surface area contributed by atoms with Gasteiger partial charge in [-0.1, -0.05) is 0 Å². The molecule has 0 aliphatic heterocycles. The van der Waals surface area contributed by atoms with Gasteiger partial charge in [0.25, 0.3) is 0 Å². The molecule has 0 saturated carbocycles. The van der Waals surface area contributed by atoms with E-state index in [-0.39, 0.29) is 18.2 Å². The van der Waals surface area contributed by atoms with E-state index in [1.165, 1.54) is 15.8 Å². The van der Waals surface area contributed by atoms with Crippen LogP contribution < -0.4 is 4.90 Å². The van der Waals surface area contributed by atoms with Crippen LogP contribution in [0.2, 0.25) is 0 Å². The van der Waals surface area contributed by atoms with Crippen molar-refractivity contribution in [3.05, 3.63) is 16.4 Å². The highest BCUT2D eigenvalue weighted by atomic mass is 16.6. The van der Waals surface area contributed by atoms with Crippen LogP contribution in [0, 0.1) is 10.1 Å². The van der Waals surface area contributed by atoms with E-state index in [2.05, 4.69) is 4.98 Å². The zero-order valence-corrected chi connectivity index (χ0v) is 10.7. The van der Waals surface area contributed by atoms with E-state index in [1.54, 1.807) is 27.8 Å². The Morgan fingerprint density at radius 3 is 2.56 bits per heavy atom. The summed E-state index contributed by atoms with van der Waals surface area (Å²) < 4.78 is 1.45. The normalized spacial score (nSPS) is 11.3. The molecule has 18 heavy (non-hydrogen) atoms. The number of carboxylic acid groups (broad SMARTS) is 1. The third kappa shape index (κ3) is 2.76. The highest BCUT2D eigenvalue weighted by Gasteiger charge is 2.33. The van der Waals surface area contributed by atoms with Crippen molar-refractivity contribution in [1.82, 2.24) is 9.55 Å². The average molecular weight is 256 g/mol. The van der Waals surface area contributed by atoms with Crippen LogP contribution in [0.15, 0.2) is 6.33 Å². The van der Waals surface area contributed by atoms with E-state index >= 15 is 0 Å². The molecule has 1 rings (SSSR count). The monoisotopic (exact) mass is 256 g/mol. The minimum atomic E-state index is -1.06. The molecule has 0 saturated heterocycles. The van der Waals surface area contributed by atoms with Gasteiger partial charge in [-0.3, -0.25) is 9.36 Å². The van der Waals surface area contributed by atoms with Gasteiger partial charge in [-0.2, -0.15) is 0 Å². The number of aromatic nitrogens is 2. The van der Waals surface area contributed by atoms with Gasteiger partial charge in [0.2, 0.25) is 12.1 Å². The Morgan fingerprint density at radius 1 is 1.61 bits per heavy atom. The van der Waals surface area contributed by atoms with Gasteiger partial charge in [0.1, 0.15) is 6.54 Å². The van der Waals surface area contributed by atoms with Gasteiger partial charge in [0.05, 0.1) is 0 Å². The van der Waals surface area contributed by atoms with Crippen molar-refractivity contribution in [2.75, 3.05) is 11.4 Å². The van der Waals surface area contributed by atoms with Crippen molar-refractivity contribution in [2.45, 2.75) is 26.3 Å². The summed E-state index contributed by atoms with van der Waals surface area (Å²) in [4.78, 5) is 26.3. The third-order valence-corrected chi connectivity index (χ3v) is 2.42. The number of carboxylic acids is 1. The number of nitro groups is 1. The molecular formula is C10H16N4O4. The fourth-order valence-electron chi connectivity index (χ4n) is 1.62. The maximum absolute atomic E-state index is 10.9. The summed E-state index contributed by atoms with van der Waals surface area (Å²) in [6, 6.07) is 0. The predicted octanol–water partition coefficient (Wildman–Crippen LogP) is 1.02. The van der Waals surface area contributed by atoms with Crippen LogP contribution in [-0.2, 0) is 11.8 Å². The van der Waals surface area contributed by atoms with Crippen molar-refractivity contribution in [2.24, 2.45) is 7.05 Å². The third-order valence-electron chi connectivity index (χ3n) is 2.42. The van der Waals surface area contributed by atoms with E-state index in [1.807, 2.05) is 0 Å². The fraction of sp³-hybridized carbons (Fsp3) is 0.600. The maximum atomic E-state index is 10.9. The van der Waals surface area contributed by atoms with Crippen molar-refractivity contribution >= 4 is 17.6 Å². The number of aliphatic carboxylic acids is 1. The SMILES string of the molecule is Cn1cnc([N+](=O)[O-])c1N(CC(=O)O)C(C)(C)C. The lowest BCUT2D eigenvalue weighted by Crippen LogP contribution is -2.45. The number of nitrogens with zero attached hydrogens (tertiary/aromatic N) is 4. The second-order valence-corrected chi connectivity index (χ2v) is 4.91. The predicted molar refractivity (Wildman–Crippen MR) is 64.6 cm³/mol. The minimum Gasteiger partial charge on any atom is -0.480 e. The van der Waals surface area contributed by atoms with Gasteiger partial charge in [0, 0.05) is 12.6 Å². The second kappa shape index (κ2) is 4.63. The van der Waals surface area contributed by atoms with Crippen LogP contribution in [0.3, 0.4) is 0 Å². The molecule has 0 aliphatic rings. The maximum Gasteiger partial charge on any atom is 0.406 e. The number of hydrogen-bond donors (Lipinski definition) is 1. The molecule has 0 unspecified atom stereocenters. The van der Waals surface area contributed by atoms with Crippen LogP contribution in [0.5, 0.6) is 0 Å². The summed E-state index contributed by atoms with van der Waals surface area (Å²) in [6.07, 6.45) is 1.30. The number of carbonyl (C=O) groups is 1. The van der Waals surface area contributed by atoms with E-state index < -0.39 is 16.4 Å². The van der Waals surface area contributed by atoms with Gasteiger partial charge in [-0.25, -0.2) is 0 Å². The molecular weight excluding hydrogens is 240 g/mol.